The van der Waals surface area contributed by atoms with Crippen molar-refractivity contribution in [3.05, 3.63) is 0 Å². The normalized spacial score (nSPS) is 18.0. The van der Waals surface area contributed by atoms with Crippen molar-refractivity contribution in [1.29, 1.82) is 0 Å². The van der Waals surface area contributed by atoms with Gasteiger partial charge in [-0.05, 0) is 18.8 Å². The monoisotopic (exact) mass is 256 g/mol. The third-order valence-electron chi connectivity index (χ3n) is 3.60. The van der Waals surface area contributed by atoms with Gasteiger partial charge in [0, 0.05) is 13.1 Å². The number of nitrogens with two attached hydrogens (primary N) is 1. The molecule has 0 aromatic heterocycles. The second-order valence-electron chi connectivity index (χ2n) is 5.66. The van der Waals surface area contributed by atoms with Crippen LogP contribution < -0.4 is 5.73 Å². The van der Waals surface area contributed by atoms with Crippen molar-refractivity contribution in [2.75, 3.05) is 19.6 Å². The third kappa shape index (κ3) is 3.45. The summed E-state index contributed by atoms with van der Waals surface area (Å²) in [5, 5.41) is 8.92. The quantitative estimate of drug-likeness (QED) is 0.744. The second-order valence-corrected chi connectivity index (χ2v) is 5.66. The molecule has 1 rings (SSSR count). The number of carboxylic acid groups (broad SMARTS) is 1. The average Bonchev–Trinajstić information content (AvgIpc) is 2.75. The van der Waals surface area contributed by atoms with Crippen molar-refractivity contribution in [2.24, 2.45) is 17.1 Å². The summed E-state index contributed by atoms with van der Waals surface area (Å²) in [6.45, 7) is 4.53. The molecule has 3 N–H and O–H groups in total. The maximum absolute atomic E-state index is 12.6. The Morgan fingerprint density at radius 3 is 2.28 bits per heavy atom. The molecule has 104 valence electrons. The van der Waals surface area contributed by atoms with Crippen LogP contribution in [0.5, 0.6) is 0 Å². The van der Waals surface area contributed by atoms with Gasteiger partial charge in [-0.2, -0.15) is 0 Å². The topological polar surface area (TPSA) is 83.6 Å². The van der Waals surface area contributed by atoms with Gasteiger partial charge in [-0.15, -0.1) is 0 Å². The van der Waals surface area contributed by atoms with Crippen LogP contribution in [0.25, 0.3) is 0 Å². The molecule has 0 spiro atoms. The Morgan fingerprint density at radius 1 is 1.33 bits per heavy atom. The zero-order valence-corrected chi connectivity index (χ0v) is 11.3. The molecule has 0 bridgehead atoms. The highest BCUT2D eigenvalue weighted by molar-refractivity contribution is 5.86. The average molecular weight is 256 g/mol. The van der Waals surface area contributed by atoms with E-state index in [1.807, 2.05) is 13.8 Å². The fourth-order valence-electron chi connectivity index (χ4n) is 2.72. The molecule has 0 atom stereocenters. The van der Waals surface area contributed by atoms with E-state index in [0.717, 1.165) is 25.7 Å². The van der Waals surface area contributed by atoms with Crippen LogP contribution in [0.1, 0.15) is 39.5 Å². The van der Waals surface area contributed by atoms with Crippen LogP contribution in [0.4, 0.5) is 0 Å². The van der Waals surface area contributed by atoms with E-state index >= 15 is 0 Å². The molecule has 0 aliphatic heterocycles. The van der Waals surface area contributed by atoms with E-state index in [0.29, 0.717) is 13.1 Å². The number of amides is 1. The van der Waals surface area contributed by atoms with E-state index in [-0.39, 0.29) is 18.4 Å². The zero-order valence-electron chi connectivity index (χ0n) is 11.3. The van der Waals surface area contributed by atoms with Gasteiger partial charge < -0.3 is 15.7 Å². The Bertz CT molecular complexity index is 309. The van der Waals surface area contributed by atoms with Gasteiger partial charge in [0.15, 0.2) is 0 Å². The molecular formula is C13H24N2O3. The molecule has 0 saturated heterocycles. The molecule has 1 aliphatic rings. The first kappa shape index (κ1) is 15.0. The first-order chi connectivity index (χ1) is 8.41. The zero-order chi connectivity index (χ0) is 13.8. The van der Waals surface area contributed by atoms with Gasteiger partial charge in [0.2, 0.25) is 5.91 Å². The summed E-state index contributed by atoms with van der Waals surface area (Å²) >= 11 is 0. The number of carbonyl (C=O) groups is 2. The highest BCUT2D eigenvalue weighted by Gasteiger charge is 2.42. The SMILES string of the molecule is CC(C)CN(CC(=O)O)C(=O)C1(CN)CCCC1. The fraction of sp³-hybridized carbons (Fsp3) is 0.846. The maximum Gasteiger partial charge on any atom is 0.323 e. The van der Waals surface area contributed by atoms with Crippen molar-refractivity contribution >= 4 is 11.9 Å². The van der Waals surface area contributed by atoms with E-state index < -0.39 is 11.4 Å². The first-order valence-corrected chi connectivity index (χ1v) is 6.62. The van der Waals surface area contributed by atoms with Crippen LogP contribution in [-0.2, 0) is 9.59 Å². The summed E-state index contributed by atoms with van der Waals surface area (Å²) in [7, 11) is 0. The summed E-state index contributed by atoms with van der Waals surface area (Å²) in [5.41, 5.74) is 5.26. The predicted octanol–water partition coefficient (Wildman–Crippen LogP) is 1.07. The number of hydrogen-bond acceptors (Lipinski definition) is 3. The number of nitrogens with zero attached hydrogens (tertiary/aromatic N) is 1. The van der Waals surface area contributed by atoms with Crippen LogP contribution in [-0.4, -0.2) is 41.5 Å². The van der Waals surface area contributed by atoms with Crippen molar-refractivity contribution in [2.45, 2.75) is 39.5 Å². The first-order valence-electron chi connectivity index (χ1n) is 6.62. The molecule has 5 heteroatoms. The Hall–Kier alpha value is -1.10. The van der Waals surface area contributed by atoms with Gasteiger partial charge in [-0.1, -0.05) is 26.7 Å². The number of carboxylic acids is 1. The van der Waals surface area contributed by atoms with Gasteiger partial charge in [0.25, 0.3) is 0 Å². The van der Waals surface area contributed by atoms with Gasteiger partial charge in [0.1, 0.15) is 6.54 Å². The smallest absolute Gasteiger partial charge is 0.323 e. The lowest BCUT2D eigenvalue weighted by atomic mass is 9.84. The van der Waals surface area contributed by atoms with Gasteiger partial charge in [0.05, 0.1) is 5.41 Å². The maximum atomic E-state index is 12.6. The largest absolute Gasteiger partial charge is 0.480 e. The van der Waals surface area contributed by atoms with Crippen LogP contribution in [0.2, 0.25) is 0 Å². The Morgan fingerprint density at radius 2 is 1.89 bits per heavy atom. The van der Waals surface area contributed by atoms with Crippen molar-refractivity contribution in [3.8, 4) is 0 Å². The number of aliphatic carboxylic acids is 1. The lowest BCUT2D eigenvalue weighted by Gasteiger charge is -2.33. The van der Waals surface area contributed by atoms with Gasteiger partial charge in [-0.25, -0.2) is 0 Å². The summed E-state index contributed by atoms with van der Waals surface area (Å²) in [5.74, 6) is -0.780. The van der Waals surface area contributed by atoms with E-state index in [1.165, 1.54) is 4.90 Å². The van der Waals surface area contributed by atoms with Crippen molar-refractivity contribution in [3.63, 3.8) is 0 Å². The molecule has 1 fully saturated rings. The Kier molecular flexibility index (Phi) is 5.14. The third-order valence-corrected chi connectivity index (χ3v) is 3.60. The Balaban J connectivity index is 2.82. The number of rotatable bonds is 6. The van der Waals surface area contributed by atoms with Crippen LogP contribution in [0, 0.1) is 11.3 Å². The second kappa shape index (κ2) is 6.18. The number of hydrogen-bond donors (Lipinski definition) is 2. The van der Waals surface area contributed by atoms with E-state index in [1.54, 1.807) is 0 Å². The van der Waals surface area contributed by atoms with Crippen LogP contribution >= 0.6 is 0 Å². The summed E-state index contributed by atoms with van der Waals surface area (Å²) in [6.07, 6.45) is 3.59. The molecule has 18 heavy (non-hydrogen) atoms. The predicted molar refractivity (Wildman–Crippen MR) is 69.0 cm³/mol. The van der Waals surface area contributed by atoms with E-state index in [2.05, 4.69) is 0 Å². The number of carbonyl (C=O) groups excluding carboxylic acids is 1. The van der Waals surface area contributed by atoms with Gasteiger partial charge in [-0.3, -0.25) is 9.59 Å². The summed E-state index contributed by atoms with van der Waals surface area (Å²) < 4.78 is 0. The highest BCUT2D eigenvalue weighted by atomic mass is 16.4. The van der Waals surface area contributed by atoms with Crippen molar-refractivity contribution < 1.29 is 14.7 Å². The molecule has 1 aliphatic carbocycles. The fourth-order valence-corrected chi connectivity index (χ4v) is 2.72. The van der Waals surface area contributed by atoms with E-state index in [4.69, 9.17) is 10.8 Å². The lowest BCUT2D eigenvalue weighted by molar-refractivity contribution is -0.150. The van der Waals surface area contributed by atoms with Crippen molar-refractivity contribution in [1.82, 2.24) is 4.90 Å². The van der Waals surface area contributed by atoms with Gasteiger partial charge >= 0.3 is 5.97 Å². The molecule has 0 radical (unpaired) electrons. The minimum Gasteiger partial charge on any atom is -0.480 e. The molecule has 0 aromatic carbocycles. The van der Waals surface area contributed by atoms with E-state index in [9.17, 15) is 9.59 Å². The van der Waals surface area contributed by atoms with Crippen LogP contribution in [0.15, 0.2) is 0 Å². The van der Waals surface area contributed by atoms with Crippen LogP contribution in [0.3, 0.4) is 0 Å². The Labute approximate surface area is 108 Å². The highest BCUT2D eigenvalue weighted by Crippen LogP contribution is 2.38. The molecule has 0 unspecified atom stereocenters. The molecular weight excluding hydrogens is 232 g/mol. The molecule has 1 saturated carbocycles. The minimum absolute atomic E-state index is 0.0707. The molecule has 0 heterocycles. The molecule has 0 aromatic rings. The summed E-state index contributed by atoms with van der Waals surface area (Å²) in [4.78, 5) is 24.9. The summed E-state index contributed by atoms with van der Waals surface area (Å²) in [6, 6.07) is 0. The minimum atomic E-state index is -0.964. The molecule has 5 nitrogen and oxygen atoms in total. The molecule has 1 amide bonds. The lowest BCUT2D eigenvalue weighted by Crippen LogP contribution is -2.49. The standard InChI is InChI=1S/C13H24N2O3/c1-10(2)7-15(8-11(16)17)12(18)13(9-14)5-3-4-6-13/h10H,3-9,14H2,1-2H3,(H,16,17).